The molecule has 0 unspecified atom stereocenters. The predicted octanol–water partition coefficient (Wildman–Crippen LogP) is 0.705. The van der Waals surface area contributed by atoms with E-state index in [1.807, 2.05) is 0 Å². The van der Waals surface area contributed by atoms with Crippen LogP contribution in [0.15, 0.2) is 23.2 Å². The number of halogens is 1. The Morgan fingerprint density at radius 1 is 1.50 bits per heavy atom. The van der Waals surface area contributed by atoms with Crippen molar-refractivity contribution in [2.75, 3.05) is 0 Å². The van der Waals surface area contributed by atoms with Crippen LogP contribution in [0, 0.1) is 0 Å². The molecule has 1 aromatic rings. The van der Waals surface area contributed by atoms with Gasteiger partial charge in [0.2, 0.25) is 0 Å². The van der Waals surface area contributed by atoms with E-state index in [1.54, 1.807) is 0 Å². The zero-order valence-corrected chi connectivity index (χ0v) is 6.47. The first-order valence-electron chi connectivity index (χ1n) is 2.46. The number of hydrogen-bond acceptors (Lipinski definition) is 3. The minimum absolute atomic E-state index is 0.0265. The highest BCUT2D eigenvalue weighted by Gasteiger charge is 1.99. The second kappa shape index (κ2) is 2.98. The number of nitrogens with zero attached hydrogens (tertiary/aromatic N) is 1. The van der Waals surface area contributed by atoms with Crippen LogP contribution in [0.5, 0.6) is 0 Å². The van der Waals surface area contributed by atoms with Gasteiger partial charge in [-0.2, -0.15) is 0 Å². The quantitative estimate of drug-likeness (QED) is 0.508. The highest BCUT2D eigenvalue weighted by Crippen LogP contribution is 2.11. The summed E-state index contributed by atoms with van der Waals surface area (Å²) < 4.78 is 20.7. The Hall–Kier alpha value is -0.610. The molecule has 0 aliphatic carbocycles. The fraction of sp³-hybridized carbons (Fsp3) is 0. The van der Waals surface area contributed by atoms with E-state index in [1.165, 1.54) is 18.3 Å². The van der Waals surface area contributed by atoms with Crippen molar-refractivity contribution in [3.05, 3.63) is 23.5 Å². The maximum Gasteiger partial charge on any atom is 0.171 e. The molecule has 0 amide bonds. The van der Waals surface area contributed by atoms with Crippen molar-refractivity contribution in [2.24, 2.45) is 0 Å². The van der Waals surface area contributed by atoms with Crippen LogP contribution in [0.4, 0.5) is 0 Å². The van der Waals surface area contributed by atoms with Crippen LogP contribution in [0.2, 0.25) is 5.15 Å². The molecule has 1 aromatic heterocycles. The van der Waals surface area contributed by atoms with Crippen LogP contribution in [0.3, 0.4) is 0 Å². The summed E-state index contributed by atoms with van der Waals surface area (Å²) in [5, 5.41) is 0.0265. The van der Waals surface area contributed by atoms with E-state index in [-0.39, 0.29) is 10.0 Å². The van der Waals surface area contributed by atoms with Crippen molar-refractivity contribution in [2.45, 2.75) is 4.90 Å². The van der Waals surface area contributed by atoms with Crippen LogP contribution < -0.4 is 0 Å². The molecule has 0 bridgehead atoms. The van der Waals surface area contributed by atoms with Crippen molar-refractivity contribution in [3.63, 3.8) is 0 Å². The molecule has 54 valence electrons. The van der Waals surface area contributed by atoms with Crippen LogP contribution in [-0.2, 0) is 10.7 Å². The first-order chi connectivity index (χ1) is 4.72. The molecule has 10 heavy (non-hydrogen) atoms. The molecule has 0 spiro atoms. The molecule has 0 aliphatic rings. The molecule has 1 heterocycles. The van der Waals surface area contributed by atoms with E-state index in [0.29, 0.717) is 0 Å². The average Bonchev–Trinajstić information content (AvgIpc) is 1.88. The Labute approximate surface area is 64.6 Å². The summed E-state index contributed by atoms with van der Waals surface area (Å²) in [5.41, 5.74) is 0. The molecule has 0 aliphatic heterocycles. The summed E-state index contributed by atoms with van der Waals surface area (Å²) in [6.45, 7) is 0. The lowest BCUT2D eigenvalue weighted by atomic mass is 10.5. The van der Waals surface area contributed by atoms with Gasteiger partial charge in [-0.15, -0.1) is 0 Å². The predicted molar refractivity (Wildman–Crippen MR) is 37.8 cm³/mol. The van der Waals surface area contributed by atoms with Crippen LogP contribution in [0.1, 0.15) is 0 Å². The third kappa shape index (κ3) is 1.46. The van der Waals surface area contributed by atoms with E-state index in [9.17, 15) is 8.42 Å². The van der Waals surface area contributed by atoms with Crippen molar-refractivity contribution < 1.29 is 8.42 Å². The van der Waals surface area contributed by atoms with Gasteiger partial charge < -0.3 is 0 Å². The lowest BCUT2D eigenvalue weighted by Crippen LogP contribution is -1.83. The lowest BCUT2D eigenvalue weighted by molar-refractivity contribution is 0.614. The molecule has 0 aromatic carbocycles. The highest BCUT2D eigenvalue weighted by molar-refractivity contribution is 7.72. The van der Waals surface area contributed by atoms with E-state index >= 15 is 0 Å². The Bertz CT molecular complexity index is 302. The maximum absolute atomic E-state index is 10.3. The number of hydrogen-bond donors (Lipinski definition) is 1. The second-order valence-corrected chi connectivity index (χ2v) is 2.92. The third-order valence-electron chi connectivity index (χ3n) is 0.936. The summed E-state index contributed by atoms with van der Waals surface area (Å²) in [4.78, 5) is 3.65. The van der Waals surface area contributed by atoms with Gasteiger partial charge in [0.05, 0.1) is 0 Å². The smallest absolute Gasteiger partial charge is 0.171 e. The fourth-order valence-corrected chi connectivity index (χ4v) is 1.26. The van der Waals surface area contributed by atoms with Gasteiger partial charge in [0.1, 0.15) is 10.0 Å². The molecule has 0 atom stereocenters. The number of thiol groups is 1. The van der Waals surface area contributed by atoms with E-state index < -0.39 is 10.7 Å². The third-order valence-corrected chi connectivity index (χ3v) is 2.12. The summed E-state index contributed by atoms with van der Waals surface area (Å²) in [5.74, 6) is 0. The van der Waals surface area contributed by atoms with Gasteiger partial charge >= 0.3 is 0 Å². The monoisotopic (exact) mass is 177 g/mol. The molecular formula is C5H4ClNO2S. The topological polar surface area (TPSA) is 47.0 Å². The first kappa shape index (κ1) is 7.50. The largest absolute Gasteiger partial charge is 0.243 e. The molecule has 1 rings (SSSR count). The van der Waals surface area contributed by atoms with Crippen LogP contribution in [0.25, 0.3) is 0 Å². The Morgan fingerprint density at radius 2 is 2.20 bits per heavy atom. The molecule has 0 radical (unpaired) electrons. The first-order valence-corrected chi connectivity index (χ1v) is 4.02. The molecule has 0 N–H and O–H groups in total. The number of rotatable bonds is 1. The van der Waals surface area contributed by atoms with Gasteiger partial charge in [-0.1, -0.05) is 11.6 Å². The van der Waals surface area contributed by atoms with Crippen molar-refractivity contribution in [1.82, 2.24) is 4.98 Å². The van der Waals surface area contributed by atoms with Gasteiger partial charge in [-0.05, 0) is 12.1 Å². The van der Waals surface area contributed by atoms with Gasteiger partial charge in [0.25, 0.3) is 0 Å². The summed E-state index contributed by atoms with van der Waals surface area (Å²) in [6.07, 6.45) is 1.44. The highest BCUT2D eigenvalue weighted by atomic mass is 35.5. The second-order valence-electron chi connectivity index (χ2n) is 1.57. The Kier molecular flexibility index (Phi) is 2.24. The van der Waals surface area contributed by atoms with Crippen molar-refractivity contribution >= 4 is 22.3 Å². The lowest BCUT2D eigenvalue weighted by Gasteiger charge is -1.90. The van der Waals surface area contributed by atoms with Gasteiger partial charge in [-0.25, -0.2) is 13.4 Å². The minimum Gasteiger partial charge on any atom is -0.243 e. The standard InChI is InChI=1S/C5H4ClNO2S/c6-5-4(10(8)9)2-1-3-7-5/h1-3,10H. The average molecular weight is 178 g/mol. The van der Waals surface area contributed by atoms with E-state index in [2.05, 4.69) is 4.98 Å². The number of aromatic nitrogens is 1. The Morgan fingerprint density at radius 3 is 2.60 bits per heavy atom. The number of pyridine rings is 1. The Balaban J connectivity index is 3.28. The van der Waals surface area contributed by atoms with Crippen molar-refractivity contribution in [3.8, 4) is 0 Å². The van der Waals surface area contributed by atoms with Crippen LogP contribution >= 0.6 is 11.6 Å². The zero-order chi connectivity index (χ0) is 7.56. The van der Waals surface area contributed by atoms with E-state index in [4.69, 9.17) is 11.6 Å². The minimum atomic E-state index is -2.61. The fourth-order valence-electron chi connectivity index (χ4n) is 0.514. The summed E-state index contributed by atoms with van der Waals surface area (Å²) in [7, 11) is -2.61. The molecule has 3 nitrogen and oxygen atoms in total. The van der Waals surface area contributed by atoms with E-state index in [0.717, 1.165) is 0 Å². The molecular weight excluding hydrogens is 174 g/mol. The summed E-state index contributed by atoms with van der Waals surface area (Å²) in [6, 6.07) is 2.92. The zero-order valence-electron chi connectivity index (χ0n) is 4.82. The molecule has 0 fully saturated rings. The molecule has 0 saturated carbocycles. The van der Waals surface area contributed by atoms with Crippen LogP contribution in [-0.4, -0.2) is 13.4 Å². The normalized spacial score (nSPS) is 10.2. The molecule has 5 heteroatoms. The maximum atomic E-state index is 10.3. The van der Waals surface area contributed by atoms with Gasteiger partial charge in [0.15, 0.2) is 10.7 Å². The summed E-state index contributed by atoms with van der Waals surface area (Å²) >= 11 is 5.42. The molecule has 0 saturated heterocycles. The SMILES string of the molecule is O=[SH](=O)c1cccnc1Cl. The van der Waals surface area contributed by atoms with Gasteiger partial charge in [0, 0.05) is 6.20 Å². The van der Waals surface area contributed by atoms with Crippen molar-refractivity contribution in [1.29, 1.82) is 0 Å². The van der Waals surface area contributed by atoms with Gasteiger partial charge in [-0.3, -0.25) is 0 Å².